The minimum Gasteiger partial charge on any atom is -0.385 e. The van der Waals surface area contributed by atoms with Crippen molar-refractivity contribution < 1.29 is 9.90 Å². The maximum absolute atomic E-state index is 12.1. The highest BCUT2D eigenvalue weighted by atomic mass is 16.3. The van der Waals surface area contributed by atoms with Gasteiger partial charge in [0.15, 0.2) is 0 Å². The van der Waals surface area contributed by atoms with Crippen LogP contribution in [0.25, 0.3) is 0 Å². The molecule has 1 heterocycles. The van der Waals surface area contributed by atoms with Gasteiger partial charge in [0.05, 0.1) is 37.0 Å². The van der Waals surface area contributed by atoms with Crippen molar-refractivity contribution in [3.63, 3.8) is 0 Å². The SMILES string of the molecule is CN(C)c1ccccc1NC(=O)N1CC(O)(CC#N)C1. The highest BCUT2D eigenvalue weighted by Crippen LogP contribution is 2.27. The Morgan fingerprint density at radius 3 is 2.75 bits per heavy atom. The van der Waals surface area contributed by atoms with Gasteiger partial charge in [-0.25, -0.2) is 4.79 Å². The minimum absolute atomic E-state index is 0.0467. The molecule has 0 radical (unpaired) electrons. The average molecular weight is 274 g/mol. The van der Waals surface area contributed by atoms with Crippen LogP contribution in [0.4, 0.5) is 16.2 Å². The van der Waals surface area contributed by atoms with Crippen LogP contribution < -0.4 is 10.2 Å². The molecule has 1 aliphatic rings. The number of nitrogens with one attached hydrogen (secondary N) is 1. The van der Waals surface area contributed by atoms with Crippen molar-refractivity contribution in [3.05, 3.63) is 24.3 Å². The Labute approximate surface area is 118 Å². The van der Waals surface area contributed by atoms with Gasteiger partial charge in [-0.1, -0.05) is 12.1 Å². The molecule has 1 saturated heterocycles. The highest BCUT2D eigenvalue weighted by molar-refractivity contribution is 5.93. The molecule has 0 aliphatic carbocycles. The summed E-state index contributed by atoms with van der Waals surface area (Å²) in [5.41, 5.74) is 0.583. The number of para-hydroxylation sites is 2. The van der Waals surface area contributed by atoms with Crippen LogP contribution in [0.2, 0.25) is 0 Å². The molecule has 0 aromatic heterocycles. The fourth-order valence-electron chi connectivity index (χ4n) is 2.23. The van der Waals surface area contributed by atoms with Crippen LogP contribution in [-0.2, 0) is 0 Å². The number of rotatable bonds is 3. The molecule has 20 heavy (non-hydrogen) atoms. The van der Waals surface area contributed by atoms with Gasteiger partial charge < -0.3 is 20.2 Å². The smallest absolute Gasteiger partial charge is 0.322 e. The second-order valence-corrected chi connectivity index (χ2v) is 5.26. The summed E-state index contributed by atoms with van der Waals surface area (Å²) >= 11 is 0. The summed E-state index contributed by atoms with van der Waals surface area (Å²) in [4.78, 5) is 15.5. The van der Waals surface area contributed by atoms with Crippen molar-refractivity contribution in [3.8, 4) is 6.07 Å². The molecule has 0 saturated carbocycles. The predicted octanol–water partition coefficient (Wildman–Crippen LogP) is 1.24. The van der Waals surface area contributed by atoms with Crippen LogP contribution in [0.3, 0.4) is 0 Å². The van der Waals surface area contributed by atoms with Crippen LogP contribution in [0.1, 0.15) is 6.42 Å². The number of carbonyl (C=O) groups excluding carboxylic acids is 1. The maximum atomic E-state index is 12.1. The average Bonchev–Trinajstić information content (AvgIpc) is 2.36. The number of aliphatic hydroxyl groups is 1. The van der Waals surface area contributed by atoms with Crippen molar-refractivity contribution in [2.24, 2.45) is 0 Å². The van der Waals surface area contributed by atoms with Gasteiger partial charge in [0.25, 0.3) is 0 Å². The van der Waals surface area contributed by atoms with Crippen LogP contribution in [0, 0.1) is 11.3 Å². The normalized spacial score (nSPS) is 16.0. The van der Waals surface area contributed by atoms with Crippen molar-refractivity contribution in [2.45, 2.75) is 12.0 Å². The predicted molar refractivity (Wildman–Crippen MR) is 76.5 cm³/mol. The molecule has 2 N–H and O–H groups in total. The summed E-state index contributed by atoms with van der Waals surface area (Å²) in [6.07, 6.45) is 0.0467. The van der Waals surface area contributed by atoms with Gasteiger partial charge in [-0.2, -0.15) is 5.26 Å². The van der Waals surface area contributed by atoms with E-state index in [-0.39, 0.29) is 25.5 Å². The number of hydrogen-bond acceptors (Lipinski definition) is 4. The van der Waals surface area contributed by atoms with Crippen molar-refractivity contribution in [1.29, 1.82) is 5.26 Å². The monoisotopic (exact) mass is 274 g/mol. The molecule has 6 heteroatoms. The molecule has 0 spiro atoms. The van der Waals surface area contributed by atoms with Gasteiger partial charge in [0.1, 0.15) is 5.60 Å². The minimum atomic E-state index is -1.05. The molecule has 0 unspecified atom stereocenters. The van der Waals surface area contributed by atoms with E-state index < -0.39 is 5.60 Å². The van der Waals surface area contributed by atoms with Gasteiger partial charge in [-0.3, -0.25) is 0 Å². The molecule has 1 aromatic carbocycles. The van der Waals surface area contributed by atoms with Crippen molar-refractivity contribution >= 4 is 17.4 Å². The number of anilines is 2. The molecular formula is C14H18N4O2. The maximum Gasteiger partial charge on any atom is 0.322 e. The summed E-state index contributed by atoms with van der Waals surface area (Å²) in [5, 5.41) is 21.3. The second-order valence-electron chi connectivity index (χ2n) is 5.26. The summed E-state index contributed by atoms with van der Waals surface area (Å²) in [5.74, 6) is 0. The zero-order valence-corrected chi connectivity index (χ0v) is 11.6. The highest BCUT2D eigenvalue weighted by Gasteiger charge is 2.43. The van der Waals surface area contributed by atoms with Crippen molar-refractivity contribution in [1.82, 2.24) is 4.90 Å². The number of nitrogens with zero attached hydrogens (tertiary/aromatic N) is 3. The molecule has 106 valence electrons. The number of urea groups is 1. The van der Waals surface area contributed by atoms with Crippen LogP contribution in [0.15, 0.2) is 24.3 Å². The Kier molecular flexibility index (Phi) is 3.81. The largest absolute Gasteiger partial charge is 0.385 e. The number of β-amino-alcohol motifs (C(OH)–C–C–N with tert-alkyl or cyclic N) is 1. The lowest BCUT2D eigenvalue weighted by Crippen LogP contribution is -2.64. The fraction of sp³-hybridized carbons (Fsp3) is 0.429. The third-order valence-electron chi connectivity index (χ3n) is 3.29. The van der Waals surface area contributed by atoms with E-state index in [1.807, 2.05) is 49.3 Å². The zero-order valence-electron chi connectivity index (χ0n) is 11.6. The Hall–Kier alpha value is -2.26. The Bertz CT molecular complexity index is 544. The third kappa shape index (κ3) is 2.83. The number of carbonyl (C=O) groups is 1. The lowest BCUT2D eigenvalue weighted by molar-refractivity contribution is -0.0693. The molecule has 1 fully saturated rings. The number of benzene rings is 1. The van der Waals surface area contributed by atoms with Crippen LogP contribution >= 0.6 is 0 Å². The van der Waals surface area contributed by atoms with Crippen LogP contribution in [0.5, 0.6) is 0 Å². The van der Waals surface area contributed by atoms with E-state index in [4.69, 9.17) is 5.26 Å². The fourth-order valence-corrected chi connectivity index (χ4v) is 2.23. The molecule has 6 nitrogen and oxygen atoms in total. The van der Waals surface area contributed by atoms with Gasteiger partial charge in [0, 0.05) is 14.1 Å². The molecule has 0 atom stereocenters. The topological polar surface area (TPSA) is 79.6 Å². The number of hydrogen-bond donors (Lipinski definition) is 2. The van der Waals surface area contributed by atoms with E-state index in [1.54, 1.807) is 0 Å². The zero-order chi connectivity index (χ0) is 14.8. The standard InChI is InChI=1S/C14H18N4O2/c1-17(2)12-6-4-3-5-11(12)16-13(19)18-9-14(20,10-18)7-8-15/h3-6,20H,7,9-10H2,1-2H3,(H,16,19). The van der Waals surface area contributed by atoms with E-state index in [0.29, 0.717) is 0 Å². The molecule has 1 aliphatic heterocycles. The van der Waals surface area contributed by atoms with E-state index in [0.717, 1.165) is 11.4 Å². The molecule has 1 aromatic rings. The number of likely N-dealkylation sites (tertiary alicyclic amines) is 1. The van der Waals surface area contributed by atoms with E-state index in [1.165, 1.54) is 4.90 Å². The summed E-state index contributed by atoms with van der Waals surface area (Å²) in [6, 6.07) is 9.16. The summed E-state index contributed by atoms with van der Waals surface area (Å²) in [7, 11) is 3.81. The van der Waals surface area contributed by atoms with Gasteiger partial charge in [-0.05, 0) is 12.1 Å². The van der Waals surface area contributed by atoms with E-state index in [9.17, 15) is 9.90 Å². The van der Waals surface area contributed by atoms with E-state index >= 15 is 0 Å². The summed E-state index contributed by atoms with van der Waals surface area (Å²) in [6.45, 7) is 0.382. The molecular weight excluding hydrogens is 256 g/mol. The lowest BCUT2D eigenvalue weighted by atomic mass is 9.91. The van der Waals surface area contributed by atoms with Gasteiger partial charge >= 0.3 is 6.03 Å². The first-order valence-electron chi connectivity index (χ1n) is 6.37. The molecule has 0 bridgehead atoms. The van der Waals surface area contributed by atoms with Crippen molar-refractivity contribution in [2.75, 3.05) is 37.4 Å². The second kappa shape index (κ2) is 5.39. The first-order valence-corrected chi connectivity index (χ1v) is 6.37. The number of nitriles is 1. The Morgan fingerprint density at radius 1 is 1.50 bits per heavy atom. The molecule has 2 amide bonds. The van der Waals surface area contributed by atoms with E-state index in [2.05, 4.69) is 5.32 Å². The van der Waals surface area contributed by atoms with Crippen LogP contribution in [-0.4, -0.2) is 48.8 Å². The first kappa shape index (κ1) is 14.2. The van der Waals surface area contributed by atoms with Gasteiger partial charge in [0.2, 0.25) is 0 Å². The van der Waals surface area contributed by atoms with Gasteiger partial charge in [-0.15, -0.1) is 0 Å². The number of amides is 2. The lowest BCUT2D eigenvalue weighted by Gasteiger charge is -2.45. The molecule has 2 rings (SSSR count). The first-order chi connectivity index (χ1) is 9.45. The summed E-state index contributed by atoms with van der Waals surface area (Å²) < 4.78 is 0. The Morgan fingerprint density at radius 2 is 2.15 bits per heavy atom. The Balaban J connectivity index is 1.99. The quantitative estimate of drug-likeness (QED) is 0.869. The third-order valence-corrected chi connectivity index (χ3v) is 3.29.